The Morgan fingerprint density at radius 2 is 1.19 bits per heavy atom. The van der Waals surface area contributed by atoms with Crippen molar-refractivity contribution in [2.24, 2.45) is 0 Å². The summed E-state index contributed by atoms with van der Waals surface area (Å²) in [5, 5.41) is 0. The van der Waals surface area contributed by atoms with Gasteiger partial charge in [-0.05, 0) is 0 Å². The summed E-state index contributed by atoms with van der Waals surface area (Å²) in [6.45, 7) is -0.649. The minimum atomic E-state index is -4.83. The molecule has 4 atom stereocenters. The van der Waals surface area contributed by atoms with Gasteiger partial charge in [-0.3, -0.25) is 0 Å². The minimum absolute atomic E-state index is 0.649. The van der Waals surface area contributed by atoms with E-state index in [1.807, 2.05) is 0 Å². The van der Waals surface area contributed by atoms with Gasteiger partial charge >= 0.3 is 31.2 Å². The van der Waals surface area contributed by atoms with Gasteiger partial charge in [-0.1, -0.05) is 12.9 Å². The maximum atomic E-state index is 11.5. The van der Waals surface area contributed by atoms with E-state index in [0.717, 1.165) is 7.11 Å². The van der Waals surface area contributed by atoms with Gasteiger partial charge in [0, 0.05) is 7.11 Å². The van der Waals surface area contributed by atoms with Crippen LogP contribution >= 0.6 is 0 Å². The van der Waals surface area contributed by atoms with Crippen molar-refractivity contribution in [3.8, 4) is 0 Å². The van der Waals surface area contributed by atoms with E-state index in [4.69, 9.17) is 9.47 Å². The van der Waals surface area contributed by atoms with Gasteiger partial charge in [-0.15, -0.1) is 0 Å². The highest BCUT2D eigenvalue weighted by Gasteiger charge is 2.50. The smallest absolute Gasteiger partial charge is 0.353 e. The Kier molecular flexibility index (Phi) is 8.18. The van der Waals surface area contributed by atoms with Crippen molar-refractivity contribution in [3.63, 3.8) is 0 Å². The molecule has 26 heavy (non-hydrogen) atoms. The van der Waals surface area contributed by atoms with Crippen molar-refractivity contribution < 1.29 is 77.8 Å². The lowest BCUT2D eigenvalue weighted by Crippen LogP contribution is -2.61. The number of hydrogen-bond acceptors (Lipinski definition) is 14. The van der Waals surface area contributed by atoms with E-state index in [1.54, 1.807) is 0 Å². The maximum absolute atomic E-state index is 11.5. The van der Waals surface area contributed by atoms with Gasteiger partial charge in [0.05, 0.1) is 6.61 Å². The van der Waals surface area contributed by atoms with Gasteiger partial charge in [0.25, 0.3) is 0 Å². The Morgan fingerprint density at radius 1 is 0.769 bits per heavy atom. The fourth-order valence-electron chi connectivity index (χ4n) is 1.75. The predicted molar refractivity (Wildman–Crippen MR) is 70.0 cm³/mol. The maximum Gasteiger partial charge on any atom is 0.444 e. The quantitative estimate of drug-likeness (QED) is 0.260. The van der Waals surface area contributed by atoms with Crippen LogP contribution in [0.15, 0.2) is 0 Å². The van der Waals surface area contributed by atoms with E-state index in [9.17, 15) is 25.3 Å². The van der Waals surface area contributed by atoms with E-state index in [-0.39, 0.29) is 0 Å². The molecular formula is C6H18N3O14S3+3. The molecule has 9 N–H and O–H groups in total. The third kappa shape index (κ3) is 6.54. The first-order valence-corrected chi connectivity index (χ1v) is 10.1. The molecule has 1 aliphatic rings. The second-order valence-electron chi connectivity index (χ2n) is 4.27. The Bertz CT molecular complexity index is 764. The molecule has 0 aromatic carbocycles. The number of ether oxygens (including phenoxy) is 2. The van der Waals surface area contributed by atoms with E-state index >= 15 is 0 Å². The molecule has 1 rings (SSSR count). The molecule has 0 spiro atoms. The van der Waals surface area contributed by atoms with E-state index in [1.165, 1.54) is 0 Å². The van der Waals surface area contributed by atoms with Crippen LogP contribution in [0.5, 0.6) is 0 Å². The third-order valence-electron chi connectivity index (χ3n) is 2.75. The molecule has 1 saturated heterocycles. The van der Waals surface area contributed by atoms with Gasteiger partial charge in [0.15, 0.2) is 12.4 Å². The summed E-state index contributed by atoms with van der Waals surface area (Å²) in [5.41, 5.74) is 0. The fraction of sp³-hybridized carbons (Fsp3) is 1.00. The molecule has 0 radical (unpaired) electrons. The first-order chi connectivity index (χ1) is 11.9. The van der Waals surface area contributed by atoms with Gasteiger partial charge in [0.2, 0.25) is 0 Å². The van der Waals surface area contributed by atoms with E-state index < -0.39 is 62.4 Å². The average Bonchev–Trinajstić information content (AvgIpc) is 2.57. The fourth-order valence-corrected chi connectivity index (χ4v) is 3.37. The van der Waals surface area contributed by atoms with Crippen LogP contribution in [0.3, 0.4) is 0 Å². The number of methoxy groups -OCH3 is 1. The summed E-state index contributed by atoms with van der Waals surface area (Å²) in [6, 6.07) is 0. The Balaban J connectivity index is 3.30. The molecule has 1 heterocycles. The van der Waals surface area contributed by atoms with Crippen LogP contribution in [0, 0.1) is 0 Å². The Hall–Kier alpha value is -0.590. The molecule has 1 fully saturated rings. The van der Waals surface area contributed by atoms with Gasteiger partial charge in [-0.2, -0.15) is 42.9 Å². The topological polar surface area (TPSA) is 259 Å². The summed E-state index contributed by atoms with van der Waals surface area (Å²) in [6.07, 6.45) is -7.26. The highest BCUT2D eigenvalue weighted by atomic mass is 32.3. The molecule has 1 aliphatic heterocycles. The van der Waals surface area contributed by atoms with Gasteiger partial charge in [0.1, 0.15) is 12.2 Å². The second kappa shape index (κ2) is 9.07. The average molecular weight is 452 g/mol. The van der Waals surface area contributed by atoms with Crippen molar-refractivity contribution in [1.29, 1.82) is 0 Å². The number of hydrogen-bond donors (Lipinski definition) is 3. The van der Waals surface area contributed by atoms with Crippen LogP contribution in [0.4, 0.5) is 0 Å². The summed E-state index contributed by atoms with van der Waals surface area (Å²) in [7, 11) is -13.3. The summed E-state index contributed by atoms with van der Waals surface area (Å²) in [4.78, 5) is 0. The first-order valence-electron chi connectivity index (χ1n) is 6.15. The standard InChI is InChI=1S/C6H18N3O14S3/c1-16-6-5(20-26(14,15)23-9)4(19-25(12,13)22-8)3(2-17-6)18-24(10,11)21-7/h3-6H,2H2,1,7-9H3/q+3/t3-,4-,5+,6-/m1/s1. The second-order valence-corrected chi connectivity index (χ2v) is 8.01. The van der Waals surface area contributed by atoms with Crippen LogP contribution in [-0.2, 0) is 66.1 Å². The summed E-state index contributed by atoms with van der Waals surface area (Å²) in [5.74, 6) is 7.90. The van der Waals surface area contributed by atoms with Crippen molar-refractivity contribution in [2.75, 3.05) is 13.7 Å². The predicted octanol–water partition coefficient (Wildman–Crippen LogP) is -6.60. The van der Waals surface area contributed by atoms with Crippen molar-refractivity contribution >= 4 is 31.2 Å². The molecule has 0 amide bonds. The molecule has 0 bridgehead atoms. The monoisotopic (exact) mass is 452 g/mol. The zero-order valence-electron chi connectivity index (χ0n) is 13.1. The zero-order chi connectivity index (χ0) is 20.2. The largest absolute Gasteiger partial charge is 0.444 e. The van der Waals surface area contributed by atoms with Crippen LogP contribution in [0.1, 0.15) is 0 Å². The molecular weight excluding hydrogens is 434 g/mol. The molecule has 156 valence electrons. The minimum Gasteiger partial charge on any atom is -0.353 e. The lowest BCUT2D eigenvalue weighted by molar-refractivity contribution is -0.638. The molecule has 0 aromatic rings. The molecule has 17 nitrogen and oxygen atoms in total. The van der Waals surface area contributed by atoms with Gasteiger partial charge in [-0.25, -0.2) is 12.5 Å². The van der Waals surface area contributed by atoms with E-state index in [0.29, 0.717) is 0 Å². The lowest BCUT2D eigenvalue weighted by atomic mass is 10.1. The lowest BCUT2D eigenvalue weighted by Gasteiger charge is -2.38. The molecule has 0 aromatic heterocycles. The summed E-state index contributed by atoms with van der Waals surface area (Å²) < 4.78 is 104. The third-order valence-corrected chi connectivity index (χ3v) is 5.01. The highest BCUT2D eigenvalue weighted by Crippen LogP contribution is 2.27. The van der Waals surface area contributed by atoms with Crippen molar-refractivity contribution in [1.82, 2.24) is 0 Å². The van der Waals surface area contributed by atoms with Crippen LogP contribution < -0.4 is 17.7 Å². The van der Waals surface area contributed by atoms with Gasteiger partial charge < -0.3 is 9.47 Å². The molecule has 0 saturated carbocycles. The van der Waals surface area contributed by atoms with Crippen molar-refractivity contribution in [2.45, 2.75) is 24.6 Å². The number of quaternary nitrogens is 3. The molecule has 0 aliphatic carbocycles. The zero-order valence-corrected chi connectivity index (χ0v) is 15.5. The Morgan fingerprint density at radius 3 is 1.62 bits per heavy atom. The molecule has 20 heteroatoms. The Labute approximate surface area is 147 Å². The van der Waals surface area contributed by atoms with E-state index in [2.05, 4.69) is 43.1 Å². The summed E-state index contributed by atoms with van der Waals surface area (Å²) >= 11 is 0. The highest BCUT2D eigenvalue weighted by molar-refractivity contribution is 7.82. The normalized spacial score (nSPS) is 28.2. The molecule has 0 unspecified atom stereocenters. The first kappa shape index (κ1) is 23.4. The SMILES string of the molecule is CO[C@@H]1OC[C@@H](OS(=O)(=O)O[NH3+])[C@@H](OS(=O)(=O)O[NH3+])[C@@H]1OS(=O)(=O)O[NH3+]. The van der Waals surface area contributed by atoms with Crippen molar-refractivity contribution in [3.05, 3.63) is 0 Å². The van der Waals surface area contributed by atoms with Crippen LogP contribution in [-0.4, -0.2) is 63.6 Å². The number of rotatable bonds is 10. The van der Waals surface area contributed by atoms with Crippen LogP contribution in [0.25, 0.3) is 0 Å². The van der Waals surface area contributed by atoms with Crippen LogP contribution in [0.2, 0.25) is 0 Å².